The van der Waals surface area contributed by atoms with E-state index in [-0.39, 0.29) is 11.8 Å². The van der Waals surface area contributed by atoms with Crippen molar-refractivity contribution >= 4 is 29.2 Å². The molecule has 0 atom stereocenters. The fraction of sp³-hybridized carbons (Fsp3) is 0.300. The third-order valence-corrected chi connectivity index (χ3v) is 5.31. The molecule has 0 N–H and O–H groups in total. The zero-order chi connectivity index (χ0) is 19.2. The average molecular weight is 386 g/mol. The van der Waals surface area contributed by atoms with E-state index in [2.05, 4.69) is 0 Å². The summed E-state index contributed by atoms with van der Waals surface area (Å²) in [6.45, 7) is 2.13. The molecule has 1 aromatic heterocycles. The van der Waals surface area contributed by atoms with Gasteiger partial charge in [-0.3, -0.25) is 9.59 Å². The van der Waals surface area contributed by atoms with Crippen LogP contribution < -0.4 is 9.47 Å². The number of amides is 2. The van der Waals surface area contributed by atoms with Crippen molar-refractivity contribution < 1.29 is 19.1 Å². The minimum absolute atomic E-state index is 0.0359. The fourth-order valence-corrected chi connectivity index (χ4v) is 3.61. The molecule has 0 bridgehead atoms. The highest BCUT2D eigenvalue weighted by Crippen LogP contribution is 2.25. The maximum atomic E-state index is 12.5. The van der Waals surface area contributed by atoms with Gasteiger partial charge in [0, 0.05) is 37.8 Å². The molecule has 0 unspecified atom stereocenters. The predicted octanol–water partition coefficient (Wildman–Crippen LogP) is 2.76. The number of benzene rings is 1. The second kappa shape index (κ2) is 8.73. The predicted molar refractivity (Wildman–Crippen MR) is 105 cm³/mol. The molecule has 2 aromatic rings. The molecule has 27 heavy (non-hydrogen) atoms. The summed E-state index contributed by atoms with van der Waals surface area (Å²) in [7, 11) is 3.18. The number of hydrogen-bond acceptors (Lipinski definition) is 5. The number of piperazine rings is 1. The molecular weight excluding hydrogens is 364 g/mol. The number of ether oxygens (including phenoxy) is 2. The number of thiophene rings is 1. The molecule has 1 fully saturated rings. The Hall–Kier alpha value is -2.80. The minimum atomic E-state index is -0.0805. The molecular formula is C20H22N2O4S. The molecule has 1 aliphatic heterocycles. The molecule has 6 nitrogen and oxygen atoms in total. The molecule has 3 rings (SSSR count). The van der Waals surface area contributed by atoms with E-state index in [1.807, 2.05) is 29.6 Å². The second-order valence-electron chi connectivity index (χ2n) is 6.04. The average Bonchev–Trinajstić information content (AvgIpc) is 3.26. The van der Waals surface area contributed by atoms with Crippen molar-refractivity contribution in [1.29, 1.82) is 0 Å². The van der Waals surface area contributed by atoms with Gasteiger partial charge in [-0.25, -0.2) is 0 Å². The van der Waals surface area contributed by atoms with Crippen LogP contribution in [-0.4, -0.2) is 62.0 Å². The Bertz CT molecular complexity index is 825. The molecule has 0 spiro atoms. The summed E-state index contributed by atoms with van der Waals surface area (Å²) in [4.78, 5) is 29.2. The molecule has 0 saturated carbocycles. The Labute approximate surface area is 162 Å². The number of methoxy groups -OCH3 is 2. The first-order valence-electron chi connectivity index (χ1n) is 8.64. The maximum absolute atomic E-state index is 12.5. The van der Waals surface area contributed by atoms with Crippen LogP contribution in [0.2, 0.25) is 0 Å². The van der Waals surface area contributed by atoms with E-state index in [4.69, 9.17) is 9.47 Å². The van der Waals surface area contributed by atoms with Crippen LogP contribution in [0.4, 0.5) is 0 Å². The van der Waals surface area contributed by atoms with Gasteiger partial charge in [-0.15, -0.1) is 11.3 Å². The van der Waals surface area contributed by atoms with Gasteiger partial charge in [0.25, 0.3) is 5.91 Å². The lowest BCUT2D eigenvalue weighted by molar-refractivity contribution is -0.127. The van der Waals surface area contributed by atoms with Gasteiger partial charge < -0.3 is 19.3 Å². The monoisotopic (exact) mass is 386 g/mol. The summed E-state index contributed by atoms with van der Waals surface area (Å²) in [5.41, 5.74) is 0.775. The molecule has 1 aliphatic rings. The lowest BCUT2D eigenvalue weighted by Crippen LogP contribution is -2.50. The first kappa shape index (κ1) is 19.0. The molecule has 2 amide bonds. The van der Waals surface area contributed by atoms with Crippen molar-refractivity contribution in [3.63, 3.8) is 0 Å². The first-order chi connectivity index (χ1) is 13.1. The van der Waals surface area contributed by atoms with Gasteiger partial charge in [-0.1, -0.05) is 6.07 Å². The van der Waals surface area contributed by atoms with Crippen LogP contribution >= 0.6 is 11.3 Å². The molecule has 1 saturated heterocycles. The van der Waals surface area contributed by atoms with Crippen LogP contribution in [0.15, 0.2) is 41.8 Å². The lowest BCUT2D eigenvalue weighted by atomic mass is 10.1. The smallest absolute Gasteiger partial charge is 0.264 e. The van der Waals surface area contributed by atoms with Crippen molar-refractivity contribution in [3.05, 3.63) is 52.2 Å². The SMILES string of the molecule is COc1ccc(OC)c(/C=C/C(=O)N2CCN(C(=O)c3cccs3)CC2)c1. The largest absolute Gasteiger partial charge is 0.497 e. The number of nitrogens with zero attached hydrogens (tertiary/aromatic N) is 2. The molecule has 0 radical (unpaired) electrons. The summed E-state index contributed by atoms with van der Waals surface area (Å²) in [6, 6.07) is 9.13. The third kappa shape index (κ3) is 4.49. The van der Waals surface area contributed by atoms with E-state index in [0.29, 0.717) is 37.7 Å². The van der Waals surface area contributed by atoms with Gasteiger partial charge in [0.1, 0.15) is 11.5 Å². The summed E-state index contributed by atoms with van der Waals surface area (Å²) >= 11 is 1.44. The van der Waals surface area contributed by atoms with Crippen LogP contribution in [0.3, 0.4) is 0 Å². The number of carbonyl (C=O) groups is 2. The fourth-order valence-electron chi connectivity index (χ4n) is 2.92. The Kier molecular flexibility index (Phi) is 6.13. The zero-order valence-corrected chi connectivity index (χ0v) is 16.2. The van der Waals surface area contributed by atoms with Gasteiger partial charge >= 0.3 is 0 Å². The highest BCUT2D eigenvalue weighted by Gasteiger charge is 2.24. The van der Waals surface area contributed by atoms with E-state index in [1.54, 1.807) is 36.2 Å². The van der Waals surface area contributed by atoms with Crippen molar-refractivity contribution in [2.75, 3.05) is 40.4 Å². The highest BCUT2D eigenvalue weighted by molar-refractivity contribution is 7.12. The van der Waals surface area contributed by atoms with E-state index in [0.717, 1.165) is 10.4 Å². The maximum Gasteiger partial charge on any atom is 0.264 e. The van der Waals surface area contributed by atoms with Gasteiger partial charge in [0.05, 0.1) is 19.1 Å². The van der Waals surface area contributed by atoms with Crippen LogP contribution in [-0.2, 0) is 4.79 Å². The van der Waals surface area contributed by atoms with Crippen LogP contribution in [0.1, 0.15) is 15.2 Å². The molecule has 0 aliphatic carbocycles. The van der Waals surface area contributed by atoms with Gasteiger partial charge in [-0.05, 0) is 35.7 Å². The lowest BCUT2D eigenvalue weighted by Gasteiger charge is -2.34. The van der Waals surface area contributed by atoms with Crippen molar-refractivity contribution in [2.45, 2.75) is 0 Å². The number of rotatable bonds is 5. The number of carbonyl (C=O) groups excluding carboxylic acids is 2. The summed E-state index contributed by atoms with van der Waals surface area (Å²) in [5, 5.41) is 1.89. The Morgan fingerprint density at radius 1 is 1.04 bits per heavy atom. The standard InChI is InChI=1S/C20H22N2O4S/c1-25-16-6-7-17(26-2)15(14-16)5-8-19(23)21-9-11-22(12-10-21)20(24)18-4-3-13-27-18/h3-8,13-14H,9-12H2,1-2H3/b8-5+. The van der Waals surface area contributed by atoms with Gasteiger partial charge in [0.2, 0.25) is 5.91 Å². The topological polar surface area (TPSA) is 59.1 Å². The number of hydrogen-bond donors (Lipinski definition) is 0. The van der Waals surface area contributed by atoms with Crippen LogP contribution in [0, 0.1) is 0 Å². The van der Waals surface area contributed by atoms with Crippen molar-refractivity contribution in [2.24, 2.45) is 0 Å². The molecule has 7 heteroatoms. The van der Waals surface area contributed by atoms with Crippen LogP contribution in [0.25, 0.3) is 6.08 Å². The highest BCUT2D eigenvalue weighted by atomic mass is 32.1. The Balaban J connectivity index is 1.60. The zero-order valence-electron chi connectivity index (χ0n) is 15.4. The van der Waals surface area contributed by atoms with E-state index in [1.165, 1.54) is 17.4 Å². The quantitative estimate of drug-likeness (QED) is 0.742. The van der Waals surface area contributed by atoms with Crippen molar-refractivity contribution in [3.8, 4) is 11.5 Å². The Morgan fingerprint density at radius 2 is 1.78 bits per heavy atom. The molecule has 142 valence electrons. The van der Waals surface area contributed by atoms with Gasteiger partial charge in [0.15, 0.2) is 0 Å². The van der Waals surface area contributed by atoms with E-state index >= 15 is 0 Å². The minimum Gasteiger partial charge on any atom is -0.497 e. The molecule has 2 heterocycles. The van der Waals surface area contributed by atoms with Crippen molar-refractivity contribution in [1.82, 2.24) is 9.80 Å². The van der Waals surface area contributed by atoms with E-state index < -0.39 is 0 Å². The summed E-state index contributed by atoms with van der Waals surface area (Å²) in [6.07, 6.45) is 3.26. The summed E-state index contributed by atoms with van der Waals surface area (Å²) in [5.74, 6) is 1.33. The normalized spacial score (nSPS) is 14.4. The molecule has 1 aromatic carbocycles. The third-order valence-electron chi connectivity index (χ3n) is 4.45. The summed E-state index contributed by atoms with van der Waals surface area (Å²) < 4.78 is 10.5. The van der Waals surface area contributed by atoms with Crippen LogP contribution in [0.5, 0.6) is 11.5 Å². The first-order valence-corrected chi connectivity index (χ1v) is 9.52. The Morgan fingerprint density at radius 3 is 2.41 bits per heavy atom. The van der Waals surface area contributed by atoms with Gasteiger partial charge in [-0.2, -0.15) is 0 Å². The second-order valence-corrected chi connectivity index (χ2v) is 6.98. The van der Waals surface area contributed by atoms with E-state index in [9.17, 15) is 9.59 Å².